The van der Waals surface area contributed by atoms with Gasteiger partial charge in [0.05, 0.1) is 12.2 Å². The molecule has 4 fully saturated rings. The molecule has 0 bridgehead atoms. The summed E-state index contributed by atoms with van der Waals surface area (Å²) in [6.45, 7) is 24.1. The Balaban J connectivity index is 0.990. The summed E-state index contributed by atoms with van der Waals surface area (Å²) in [5.74, 6) is 2.29. The molecule has 0 radical (unpaired) electrons. The molecule has 0 aromatic carbocycles. The number of hydrogen-bond acceptors (Lipinski definition) is 18. The molecule has 2 saturated heterocycles. The number of aromatic nitrogens is 6. The van der Waals surface area contributed by atoms with E-state index in [0.717, 1.165) is 103 Å². The Morgan fingerprint density at radius 3 is 1.20 bits per heavy atom. The summed E-state index contributed by atoms with van der Waals surface area (Å²) in [5.41, 5.74) is -0.643. The highest BCUT2D eigenvalue weighted by Crippen LogP contribution is 2.47. The number of unbranched alkanes of at least 4 members (excludes halogenated alkanes) is 3. The maximum Gasteiger partial charge on any atom is 0.267 e. The summed E-state index contributed by atoms with van der Waals surface area (Å²) < 4.78 is 0. The van der Waals surface area contributed by atoms with E-state index in [2.05, 4.69) is 131 Å². The van der Waals surface area contributed by atoms with Gasteiger partial charge in [-0.2, -0.15) is 40.0 Å². The van der Waals surface area contributed by atoms with Gasteiger partial charge in [-0.3, -0.25) is 9.68 Å². The van der Waals surface area contributed by atoms with Crippen molar-refractivity contribution in [3.05, 3.63) is 0 Å². The third kappa shape index (κ3) is 15.7. The van der Waals surface area contributed by atoms with Crippen LogP contribution in [0.3, 0.4) is 0 Å². The lowest BCUT2D eigenvalue weighted by Gasteiger charge is -2.56. The van der Waals surface area contributed by atoms with Crippen LogP contribution in [0.5, 0.6) is 0 Å². The molecular weight excluding hydrogens is 885 g/mol. The van der Waals surface area contributed by atoms with E-state index < -0.39 is 0 Å². The summed E-state index contributed by atoms with van der Waals surface area (Å²) in [6, 6.07) is 0.222. The Hall–Kier alpha value is -4.18. The zero-order chi connectivity index (χ0) is 50.4. The number of hydroxylamine groups is 4. The third-order valence-corrected chi connectivity index (χ3v) is 15.0. The minimum Gasteiger partial charge on any atom is -0.354 e. The SMILES string of the molecule is CCCC(Nc1nc(N=C=O)nc(NCCCCCCNc2nc(N=C=O)nc(NC(CCC)C3CC(C)(C)N(OC4CCCCC4)C(C)(C)C3)n2)n1)C1CC(C)(C)N(OC2CCCCC2)C(C)(C)C1. The zero-order valence-corrected chi connectivity index (χ0v) is 44.5. The first-order valence-electron chi connectivity index (χ1n) is 27.1. The smallest absolute Gasteiger partial charge is 0.267 e. The van der Waals surface area contributed by atoms with E-state index in [1.165, 1.54) is 38.5 Å². The molecule has 18 nitrogen and oxygen atoms in total. The van der Waals surface area contributed by atoms with Crippen molar-refractivity contribution < 1.29 is 19.3 Å². The van der Waals surface area contributed by atoms with E-state index in [1.807, 2.05) is 0 Å². The normalized spacial score (nSPS) is 22.0. The van der Waals surface area contributed by atoms with Gasteiger partial charge < -0.3 is 21.3 Å². The average molecular weight is 973 g/mol. The van der Waals surface area contributed by atoms with E-state index >= 15 is 0 Å². The lowest BCUT2D eigenvalue weighted by molar-refractivity contribution is -0.314. The minimum absolute atomic E-state index is 0.0284. The van der Waals surface area contributed by atoms with Gasteiger partial charge in [0.2, 0.25) is 36.0 Å². The predicted octanol–water partition coefficient (Wildman–Crippen LogP) is 11.3. The number of isocyanates is 2. The van der Waals surface area contributed by atoms with Gasteiger partial charge in [-0.1, -0.05) is 78.1 Å². The summed E-state index contributed by atoms with van der Waals surface area (Å²) in [5, 5.41) is 18.6. The fraction of sp³-hybridized carbons (Fsp3) is 0.846. The first-order valence-corrected chi connectivity index (χ1v) is 27.1. The topological polar surface area (TPSA) is 209 Å². The Bertz CT molecular complexity index is 1860. The molecule has 0 spiro atoms. The average Bonchev–Trinajstić information content (AvgIpc) is 3.30. The van der Waals surface area contributed by atoms with Crippen LogP contribution in [0.1, 0.15) is 210 Å². The van der Waals surface area contributed by atoms with Crippen LogP contribution in [0.2, 0.25) is 0 Å². The van der Waals surface area contributed by atoms with Gasteiger partial charge in [-0.15, -0.1) is 9.98 Å². The molecule has 4 N–H and O–H groups in total. The van der Waals surface area contributed by atoms with Crippen molar-refractivity contribution in [3.63, 3.8) is 0 Å². The molecule has 6 rings (SSSR count). The number of anilines is 4. The van der Waals surface area contributed by atoms with Crippen molar-refractivity contribution in [2.45, 2.75) is 257 Å². The van der Waals surface area contributed by atoms with Crippen molar-refractivity contribution in [2.75, 3.05) is 34.4 Å². The molecule has 390 valence electrons. The third-order valence-electron chi connectivity index (χ3n) is 15.0. The Kier molecular flexibility index (Phi) is 20.1. The molecule has 2 aliphatic carbocycles. The minimum atomic E-state index is -0.161. The number of hydrogen-bond donors (Lipinski definition) is 4. The van der Waals surface area contributed by atoms with Gasteiger partial charge >= 0.3 is 0 Å². The molecule has 2 aliphatic heterocycles. The standard InChI is InChI=1S/C52H88N14O4/c1-11-23-41(37-31-49(3,4)65(50(5,6)32-37)69-39-25-17-15-18-26-39)57-47-61-43(59-45(63-47)55-35-67)53-29-21-13-14-22-30-54-44-60-46(56-36-68)64-48(62-44)58-42(24-12-2)38-33-51(7,8)66(52(9,10)34-38)70-40-27-19-16-20-28-40/h37-42H,11-34H2,1-10H3,(H2,53,57,59,61,63)(H2,54,58,60,62,64). The fourth-order valence-corrected chi connectivity index (χ4v) is 12.5. The molecule has 18 heteroatoms. The first kappa shape index (κ1) is 55.1. The maximum absolute atomic E-state index is 11.4. The number of rotatable bonds is 25. The van der Waals surface area contributed by atoms with Crippen LogP contribution in [0, 0.1) is 11.8 Å². The monoisotopic (exact) mass is 973 g/mol. The summed E-state index contributed by atoms with van der Waals surface area (Å²) in [6.07, 6.45) is 27.3. The molecule has 4 aliphatic rings. The van der Waals surface area contributed by atoms with Crippen LogP contribution in [0.25, 0.3) is 0 Å². The summed E-state index contributed by atoms with van der Waals surface area (Å²) in [7, 11) is 0. The van der Waals surface area contributed by atoms with Gasteiger partial charge in [0, 0.05) is 47.3 Å². The predicted molar refractivity (Wildman–Crippen MR) is 277 cm³/mol. The van der Waals surface area contributed by atoms with E-state index in [1.54, 1.807) is 12.2 Å². The van der Waals surface area contributed by atoms with Crippen molar-refractivity contribution in [3.8, 4) is 0 Å². The second-order valence-electron chi connectivity index (χ2n) is 23.2. The van der Waals surface area contributed by atoms with E-state index in [-0.39, 0.29) is 46.1 Å². The Morgan fingerprint density at radius 2 is 0.871 bits per heavy atom. The largest absolute Gasteiger partial charge is 0.354 e. The van der Waals surface area contributed by atoms with Crippen LogP contribution in [-0.4, -0.2) is 112 Å². The quantitative estimate of drug-likeness (QED) is 0.0414. The van der Waals surface area contributed by atoms with Crippen molar-refractivity contribution >= 4 is 47.8 Å². The highest BCUT2D eigenvalue weighted by molar-refractivity contribution is 5.47. The van der Waals surface area contributed by atoms with Crippen LogP contribution in [0.15, 0.2) is 9.98 Å². The van der Waals surface area contributed by atoms with Gasteiger partial charge in [0.1, 0.15) is 0 Å². The van der Waals surface area contributed by atoms with Crippen LogP contribution in [-0.2, 0) is 19.3 Å². The number of nitrogens with one attached hydrogen (secondary N) is 4. The van der Waals surface area contributed by atoms with Crippen molar-refractivity contribution in [1.82, 2.24) is 40.0 Å². The Labute approximate surface area is 419 Å². The first-order chi connectivity index (χ1) is 33.4. The van der Waals surface area contributed by atoms with Crippen LogP contribution in [0.4, 0.5) is 35.7 Å². The summed E-state index contributed by atoms with van der Waals surface area (Å²) >= 11 is 0. The number of nitrogens with zero attached hydrogens (tertiary/aromatic N) is 10. The lowest BCUT2D eigenvalue weighted by atomic mass is 9.71. The van der Waals surface area contributed by atoms with E-state index in [0.29, 0.717) is 60.9 Å². The molecule has 70 heavy (non-hydrogen) atoms. The van der Waals surface area contributed by atoms with Crippen molar-refractivity contribution in [1.29, 1.82) is 0 Å². The molecule has 2 aromatic rings. The van der Waals surface area contributed by atoms with Gasteiger partial charge in [0.25, 0.3) is 11.9 Å². The van der Waals surface area contributed by atoms with Gasteiger partial charge in [0.15, 0.2) is 0 Å². The van der Waals surface area contributed by atoms with Crippen LogP contribution >= 0.6 is 0 Å². The number of carbonyl (C=O) groups excluding carboxylic acids is 2. The molecule has 2 aromatic heterocycles. The Morgan fingerprint density at radius 1 is 0.529 bits per heavy atom. The molecule has 2 unspecified atom stereocenters. The number of piperidine rings is 2. The van der Waals surface area contributed by atoms with Gasteiger partial charge in [-0.05, 0) is 144 Å². The molecular formula is C52H88N14O4. The highest BCUT2D eigenvalue weighted by Gasteiger charge is 2.50. The lowest BCUT2D eigenvalue weighted by Crippen LogP contribution is -2.63. The fourth-order valence-electron chi connectivity index (χ4n) is 12.5. The molecule has 0 amide bonds. The molecule has 2 atom stereocenters. The second kappa shape index (κ2) is 25.5. The highest BCUT2D eigenvalue weighted by atomic mass is 16.7. The summed E-state index contributed by atoms with van der Waals surface area (Å²) in [4.78, 5) is 71.2. The van der Waals surface area contributed by atoms with Crippen LogP contribution < -0.4 is 21.3 Å². The number of aliphatic imine (C=N–C) groups is 2. The van der Waals surface area contributed by atoms with Crippen molar-refractivity contribution in [2.24, 2.45) is 21.8 Å². The second-order valence-corrected chi connectivity index (χ2v) is 23.2. The molecule has 2 saturated carbocycles. The van der Waals surface area contributed by atoms with E-state index in [9.17, 15) is 9.59 Å². The molecule has 4 heterocycles. The maximum atomic E-state index is 11.4. The zero-order valence-electron chi connectivity index (χ0n) is 44.5. The van der Waals surface area contributed by atoms with Gasteiger partial charge in [-0.25, -0.2) is 9.59 Å². The van der Waals surface area contributed by atoms with E-state index in [4.69, 9.17) is 19.6 Å².